The van der Waals surface area contributed by atoms with Crippen molar-refractivity contribution in [3.05, 3.63) is 47.5 Å². The van der Waals surface area contributed by atoms with Gasteiger partial charge in [0.2, 0.25) is 0 Å². The SMILES string of the molecule is CCc1cc2ccccc2[c]c1C. The summed E-state index contributed by atoms with van der Waals surface area (Å²) in [6.45, 7) is 4.32. The lowest BCUT2D eigenvalue weighted by Gasteiger charge is -2.04. The Hall–Kier alpha value is -1.30. The number of fused-ring (bicyclic) bond motifs is 1. The molecular weight excluding hydrogens is 156 g/mol. The van der Waals surface area contributed by atoms with Gasteiger partial charge >= 0.3 is 0 Å². The largest absolute Gasteiger partial charge is 0.0616 e. The van der Waals surface area contributed by atoms with E-state index in [-0.39, 0.29) is 0 Å². The molecule has 0 aromatic heterocycles. The Labute approximate surface area is 79.2 Å². The second-order valence-electron chi connectivity index (χ2n) is 3.36. The van der Waals surface area contributed by atoms with Gasteiger partial charge in [0.1, 0.15) is 0 Å². The van der Waals surface area contributed by atoms with Crippen molar-refractivity contribution >= 4 is 10.8 Å². The quantitative estimate of drug-likeness (QED) is 0.612. The molecule has 0 amide bonds. The summed E-state index contributed by atoms with van der Waals surface area (Å²) >= 11 is 0. The van der Waals surface area contributed by atoms with Crippen molar-refractivity contribution in [1.29, 1.82) is 0 Å². The molecule has 0 fully saturated rings. The van der Waals surface area contributed by atoms with Gasteiger partial charge in [-0.2, -0.15) is 0 Å². The second kappa shape index (κ2) is 3.21. The lowest BCUT2D eigenvalue weighted by molar-refractivity contribution is 1.11. The predicted molar refractivity (Wildman–Crippen MR) is 56.9 cm³/mol. The lowest BCUT2D eigenvalue weighted by Crippen LogP contribution is -1.86. The highest BCUT2D eigenvalue weighted by Crippen LogP contribution is 2.18. The summed E-state index contributed by atoms with van der Waals surface area (Å²) in [7, 11) is 0. The van der Waals surface area contributed by atoms with Crippen LogP contribution in [0.1, 0.15) is 18.1 Å². The first-order valence-corrected chi connectivity index (χ1v) is 4.72. The van der Waals surface area contributed by atoms with Gasteiger partial charge in [0.15, 0.2) is 0 Å². The van der Waals surface area contributed by atoms with Crippen molar-refractivity contribution in [2.24, 2.45) is 0 Å². The van der Waals surface area contributed by atoms with Gasteiger partial charge in [0, 0.05) is 0 Å². The molecular formula is C13H13. The molecule has 65 valence electrons. The molecule has 0 aliphatic rings. The topological polar surface area (TPSA) is 0 Å². The monoisotopic (exact) mass is 169 g/mol. The highest BCUT2D eigenvalue weighted by molar-refractivity contribution is 5.83. The fourth-order valence-corrected chi connectivity index (χ4v) is 1.68. The van der Waals surface area contributed by atoms with Crippen molar-refractivity contribution in [2.75, 3.05) is 0 Å². The Balaban J connectivity index is 2.74. The summed E-state index contributed by atoms with van der Waals surface area (Å²) in [5.74, 6) is 0. The molecule has 0 nitrogen and oxygen atoms in total. The Morgan fingerprint density at radius 3 is 2.77 bits per heavy atom. The molecule has 0 bridgehead atoms. The molecule has 1 radical (unpaired) electrons. The van der Waals surface area contributed by atoms with Gasteiger partial charge in [0.05, 0.1) is 0 Å². The van der Waals surface area contributed by atoms with Gasteiger partial charge < -0.3 is 0 Å². The third-order valence-electron chi connectivity index (χ3n) is 2.48. The molecule has 0 heterocycles. The molecule has 0 N–H and O–H groups in total. The summed E-state index contributed by atoms with van der Waals surface area (Å²) < 4.78 is 0. The summed E-state index contributed by atoms with van der Waals surface area (Å²) in [5.41, 5.74) is 2.68. The van der Waals surface area contributed by atoms with Gasteiger partial charge in [0.25, 0.3) is 0 Å². The van der Waals surface area contributed by atoms with E-state index in [4.69, 9.17) is 0 Å². The van der Waals surface area contributed by atoms with Crippen LogP contribution in [0.5, 0.6) is 0 Å². The first kappa shape index (κ1) is 8.31. The maximum atomic E-state index is 3.41. The molecule has 2 aromatic rings. The van der Waals surface area contributed by atoms with Gasteiger partial charge in [-0.3, -0.25) is 0 Å². The first-order valence-electron chi connectivity index (χ1n) is 4.72. The molecule has 13 heavy (non-hydrogen) atoms. The normalized spacial score (nSPS) is 10.6. The Kier molecular flexibility index (Phi) is 2.05. The van der Waals surface area contributed by atoms with E-state index in [1.54, 1.807) is 0 Å². The maximum Gasteiger partial charge on any atom is -0.00644 e. The van der Waals surface area contributed by atoms with Gasteiger partial charge in [-0.15, -0.1) is 0 Å². The summed E-state index contributed by atoms with van der Waals surface area (Å²) in [4.78, 5) is 0. The highest BCUT2D eigenvalue weighted by Gasteiger charge is 1.98. The standard InChI is InChI=1S/C13H13/c1-3-11-9-13-7-5-4-6-12(13)8-10(11)2/h4-7,9H,3H2,1-2H3. The van der Waals surface area contributed by atoms with Crippen LogP contribution in [-0.2, 0) is 6.42 Å². The fraction of sp³-hybridized carbons (Fsp3) is 0.231. The van der Waals surface area contributed by atoms with E-state index < -0.39 is 0 Å². The average Bonchev–Trinajstić information content (AvgIpc) is 2.17. The van der Waals surface area contributed by atoms with E-state index in [2.05, 4.69) is 50.2 Å². The van der Waals surface area contributed by atoms with Crippen LogP contribution in [0.15, 0.2) is 30.3 Å². The molecule has 2 aromatic carbocycles. The third kappa shape index (κ3) is 1.44. The minimum absolute atomic E-state index is 1.09. The predicted octanol–water partition coefficient (Wildman–Crippen LogP) is 3.51. The van der Waals surface area contributed by atoms with Crippen LogP contribution < -0.4 is 0 Å². The number of benzene rings is 2. The molecule has 0 aliphatic carbocycles. The fourth-order valence-electron chi connectivity index (χ4n) is 1.68. The number of rotatable bonds is 1. The van der Waals surface area contributed by atoms with Crippen molar-refractivity contribution in [2.45, 2.75) is 20.3 Å². The minimum atomic E-state index is 1.09. The molecule has 0 aliphatic heterocycles. The Morgan fingerprint density at radius 2 is 2.00 bits per heavy atom. The van der Waals surface area contributed by atoms with E-state index in [1.165, 1.54) is 21.9 Å². The van der Waals surface area contributed by atoms with Crippen LogP contribution in [-0.4, -0.2) is 0 Å². The highest BCUT2D eigenvalue weighted by atomic mass is 14.0. The number of aryl methyl sites for hydroxylation is 2. The summed E-state index contributed by atoms with van der Waals surface area (Å²) in [5, 5.41) is 2.52. The first-order chi connectivity index (χ1) is 6.31. The van der Waals surface area contributed by atoms with E-state index in [0.717, 1.165) is 6.42 Å². The van der Waals surface area contributed by atoms with Crippen molar-refractivity contribution in [1.82, 2.24) is 0 Å². The van der Waals surface area contributed by atoms with Crippen LogP contribution in [0.4, 0.5) is 0 Å². The second-order valence-corrected chi connectivity index (χ2v) is 3.36. The van der Waals surface area contributed by atoms with Crippen molar-refractivity contribution in [3.8, 4) is 0 Å². The van der Waals surface area contributed by atoms with E-state index in [1.807, 2.05) is 0 Å². The van der Waals surface area contributed by atoms with E-state index in [9.17, 15) is 0 Å². The average molecular weight is 169 g/mol. The van der Waals surface area contributed by atoms with Gasteiger partial charge in [-0.25, -0.2) is 0 Å². The van der Waals surface area contributed by atoms with Gasteiger partial charge in [-0.1, -0.05) is 37.3 Å². The number of hydrogen-bond acceptors (Lipinski definition) is 0. The third-order valence-corrected chi connectivity index (χ3v) is 2.48. The van der Waals surface area contributed by atoms with Gasteiger partial charge in [-0.05, 0) is 41.3 Å². The maximum absolute atomic E-state index is 3.41. The summed E-state index contributed by atoms with van der Waals surface area (Å²) in [6.07, 6.45) is 1.09. The molecule has 0 heteroatoms. The Bertz CT molecular complexity index is 427. The van der Waals surface area contributed by atoms with Crippen molar-refractivity contribution < 1.29 is 0 Å². The van der Waals surface area contributed by atoms with E-state index >= 15 is 0 Å². The van der Waals surface area contributed by atoms with Crippen LogP contribution >= 0.6 is 0 Å². The molecule has 0 saturated heterocycles. The lowest BCUT2D eigenvalue weighted by atomic mass is 10.0. The van der Waals surface area contributed by atoms with Crippen LogP contribution in [0.2, 0.25) is 0 Å². The smallest absolute Gasteiger partial charge is 0.00644 e. The molecule has 0 saturated carbocycles. The molecule has 2 rings (SSSR count). The summed E-state index contributed by atoms with van der Waals surface area (Å²) in [6, 6.07) is 14.1. The zero-order valence-electron chi connectivity index (χ0n) is 8.09. The minimum Gasteiger partial charge on any atom is -0.0616 e. The zero-order valence-corrected chi connectivity index (χ0v) is 8.09. The van der Waals surface area contributed by atoms with Crippen LogP contribution in [0.3, 0.4) is 0 Å². The number of hydrogen-bond donors (Lipinski definition) is 0. The van der Waals surface area contributed by atoms with Crippen LogP contribution in [0.25, 0.3) is 10.8 Å². The zero-order chi connectivity index (χ0) is 9.26. The Morgan fingerprint density at radius 1 is 1.23 bits per heavy atom. The molecule has 0 spiro atoms. The molecule has 0 unspecified atom stereocenters. The molecule has 0 atom stereocenters. The van der Waals surface area contributed by atoms with Crippen LogP contribution in [0, 0.1) is 13.0 Å². The van der Waals surface area contributed by atoms with E-state index in [0.29, 0.717) is 0 Å². The van der Waals surface area contributed by atoms with Crippen molar-refractivity contribution in [3.63, 3.8) is 0 Å².